The van der Waals surface area contributed by atoms with Crippen molar-refractivity contribution < 1.29 is 14.7 Å². The van der Waals surface area contributed by atoms with E-state index in [0.717, 1.165) is 5.69 Å². The van der Waals surface area contributed by atoms with Crippen molar-refractivity contribution >= 4 is 22.6 Å². The molecular weight excluding hydrogens is 333 g/mol. The Morgan fingerprint density at radius 2 is 2.12 bits per heavy atom. The van der Waals surface area contributed by atoms with E-state index in [-0.39, 0.29) is 5.82 Å². The molecule has 1 amide bonds. The van der Waals surface area contributed by atoms with Crippen molar-refractivity contribution in [1.29, 1.82) is 0 Å². The Bertz CT molecular complexity index is 1300. The molecule has 0 saturated heterocycles. The third kappa shape index (κ3) is 2.90. The topological polar surface area (TPSA) is 72.7 Å². The van der Waals surface area contributed by atoms with E-state index in [1.54, 1.807) is 12.5 Å². The Hall–Kier alpha value is -3.61. The van der Waals surface area contributed by atoms with Crippen molar-refractivity contribution in [3.63, 3.8) is 0 Å². The van der Waals surface area contributed by atoms with Gasteiger partial charge in [-0.1, -0.05) is 12.1 Å². The maximum absolute atomic E-state index is 14.3. The molecule has 26 heavy (non-hydrogen) atoms. The first kappa shape index (κ1) is 11.9. The maximum Gasteiger partial charge on any atom is 0.259 e. The van der Waals surface area contributed by atoms with Gasteiger partial charge in [0.25, 0.3) is 5.91 Å². The summed E-state index contributed by atoms with van der Waals surface area (Å²) in [5, 5.41) is 3.09. The van der Waals surface area contributed by atoms with Crippen LogP contribution in [0.1, 0.15) is 15.8 Å². The fourth-order valence-corrected chi connectivity index (χ4v) is 2.46. The number of hydrogen-bond donors (Lipinski definition) is 1. The van der Waals surface area contributed by atoms with Gasteiger partial charge < -0.3 is 9.88 Å². The zero-order valence-electron chi connectivity index (χ0n) is 17.5. The monoisotopic (exact) mass is 351 g/mol. The fraction of sp³-hybridized carbons (Fsp3) is 0.0526. The van der Waals surface area contributed by atoms with Gasteiger partial charge in [0.05, 0.1) is 40.5 Å². The molecule has 0 bridgehead atoms. The minimum Gasteiger partial charge on any atom is -0.332 e. The first-order valence-corrected chi connectivity index (χ1v) is 7.58. The number of aryl methyl sites for hydroxylation is 1. The van der Waals surface area contributed by atoms with E-state index in [2.05, 4.69) is 20.3 Å². The van der Waals surface area contributed by atoms with Gasteiger partial charge in [-0.3, -0.25) is 4.79 Å². The molecule has 0 saturated carbocycles. The van der Waals surface area contributed by atoms with E-state index in [0.29, 0.717) is 16.6 Å². The zero-order valence-corrected chi connectivity index (χ0v) is 13.5. The van der Waals surface area contributed by atoms with Crippen LogP contribution in [0, 0.1) is 5.82 Å². The SMILES string of the molecule is [2H]c1c([2H])c([2H])c(C(=O)Nc2cc3nc(-c4cncn4C)ccc3cn2)c(F)c1[2H]. The van der Waals surface area contributed by atoms with E-state index in [1.807, 2.05) is 23.7 Å². The van der Waals surface area contributed by atoms with E-state index in [4.69, 9.17) is 5.48 Å². The Balaban J connectivity index is 1.71. The summed E-state index contributed by atoms with van der Waals surface area (Å²) >= 11 is 0. The normalized spacial score (nSPS) is 13.0. The number of imidazole rings is 1. The minimum atomic E-state index is -1.32. The molecule has 3 aromatic heterocycles. The van der Waals surface area contributed by atoms with Crippen molar-refractivity contribution in [2.45, 2.75) is 0 Å². The smallest absolute Gasteiger partial charge is 0.259 e. The van der Waals surface area contributed by atoms with Gasteiger partial charge >= 0.3 is 0 Å². The molecule has 0 aliphatic heterocycles. The first-order chi connectivity index (χ1) is 14.3. The van der Waals surface area contributed by atoms with Gasteiger partial charge in [-0.15, -0.1) is 0 Å². The Morgan fingerprint density at radius 3 is 2.92 bits per heavy atom. The number of fused-ring (bicyclic) bond motifs is 1. The molecule has 1 aromatic carbocycles. The highest BCUT2D eigenvalue weighted by Gasteiger charge is 2.12. The predicted octanol–water partition coefficient (Wildman–Crippen LogP) is 3.42. The van der Waals surface area contributed by atoms with E-state index in [1.165, 1.54) is 12.3 Å². The van der Waals surface area contributed by atoms with Gasteiger partial charge in [0.1, 0.15) is 11.6 Å². The molecule has 0 aliphatic carbocycles. The summed E-state index contributed by atoms with van der Waals surface area (Å²) in [5.74, 6) is -2.29. The van der Waals surface area contributed by atoms with Gasteiger partial charge in [-0.25, -0.2) is 19.3 Å². The molecular formula is C19H14FN5O. The number of pyridine rings is 2. The number of rotatable bonds is 3. The minimum absolute atomic E-state index is 0.0639. The summed E-state index contributed by atoms with van der Waals surface area (Å²) in [6.45, 7) is 0. The molecule has 1 N–H and O–H groups in total. The number of hydrogen-bond acceptors (Lipinski definition) is 4. The van der Waals surface area contributed by atoms with Crippen molar-refractivity contribution in [2.75, 3.05) is 5.32 Å². The molecule has 4 rings (SSSR count). The van der Waals surface area contributed by atoms with Crippen molar-refractivity contribution in [2.24, 2.45) is 7.05 Å². The number of benzene rings is 1. The van der Waals surface area contributed by atoms with Crippen LogP contribution in [-0.4, -0.2) is 25.4 Å². The number of carbonyl (C=O) groups excluding carboxylic acids is 1. The molecule has 0 spiro atoms. The van der Waals surface area contributed by atoms with Gasteiger partial charge in [-0.05, 0) is 24.2 Å². The summed E-state index contributed by atoms with van der Waals surface area (Å²) in [7, 11) is 1.84. The molecule has 0 radical (unpaired) electrons. The lowest BCUT2D eigenvalue weighted by Crippen LogP contribution is -2.14. The van der Waals surface area contributed by atoms with Crippen LogP contribution in [0.25, 0.3) is 22.3 Å². The predicted molar refractivity (Wildman–Crippen MR) is 96.1 cm³/mol. The summed E-state index contributed by atoms with van der Waals surface area (Å²) in [4.78, 5) is 25.2. The number of carbonyl (C=O) groups is 1. The van der Waals surface area contributed by atoms with Crippen LogP contribution in [0.3, 0.4) is 0 Å². The van der Waals surface area contributed by atoms with Crippen LogP contribution in [0.5, 0.6) is 0 Å². The highest BCUT2D eigenvalue weighted by Crippen LogP contribution is 2.21. The van der Waals surface area contributed by atoms with Crippen LogP contribution >= 0.6 is 0 Å². The van der Waals surface area contributed by atoms with Gasteiger partial charge in [-0.2, -0.15) is 0 Å². The average molecular weight is 351 g/mol. The Morgan fingerprint density at radius 1 is 1.27 bits per heavy atom. The molecule has 6 nitrogen and oxygen atoms in total. The number of amides is 1. The summed E-state index contributed by atoms with van der Waals surface area (Å²) < 4.78 is 46.6. The van der Waals surface area contributed by atoms with E-state index >= 15 is 0 Å². The number of nitrogens with zero attached hydrogens (tertiary/aromatic N) is 4. The maximum atomic E-state index is 14.3. The summed E-state index contributed by atoms with van der Waals surface area (Å²) in [6, 6.07) is 2.02. The van der Waals surface area contributed by atoms with Crippen molar-refractivity contribution in [3.8, 4) is 11.4 Å². The van der Waals surface area contributed by atoms with Gasteiger partial charge in [0, 0.05) is 24.7 Å². The molecule has 0 fully saturated rings. The van der Waals surface area contributed by atoms with Gasteiger partial charge in [0.15, 0.2) is 0 Å². The molecule has 3 heterocycles. The Kier molecular flexibility index (Phi) is 2.90. The molecule has 4 aromatic rings. The third-order valence-electron chi connectivity index (χ3n) is 3.76. The van der Waals surface area contributed by atoms with Crippen LogP contribution in [0.15, 0.2) is 61.1 Å². The number of anilines is 1. The molecule has 0 atom stereocenters. The van der Waals surface area contributed by atoms with Gasteiger partial charge in [0.2, 0.25) is 0 Å². The quantitative estimate of drug-likeness (QED) is 0.614. The Labute approximate surface area is 154 Å². The largest absolute Gasteiger partial charge is 0.332 e. The van der Waals surface area contributed by atoms with Crippen LogP contribution in [0.4, 0.5) is 10.2 Å². The average Bonchev–Trinajstić information content (AvgIpc) is 3.16. The van der Waals surface area contributed by atoms with Crippen LogP contribution in [-0.2, 0) is 7.05 Å². The standard InChI is InChI=1S/C19H14FN5O/c1-25-11-21-10-17(25)15-7-6-12-9-22-18(8-16(12)23-15)24-19(26)13-4-2-3-5-14(13)20/h2-11H,1H3,(H,22,24,26)/i2D,3D,4D,5D. The van der Waals surface area contributed by atoms with E-state index in [9.17, 15) is 9.18 Å². The zero-order chi connectivity index (χ0) is 21.6. The second-order valence-corrected chi connectivity index (χ2v) is 5.49. The van der Waals surface area contributed by atoms with Crippen LogP contribution in [0.2, 0.25) is 0 Å². The highest BCUT2D eigenvalue weighted by molar-refractivity contribution is 6.04. The molecule has 128 valence electrons. The second kappa shape index (κ2) is 6.36. The second-order valence-electron chi connectivity index (χ2n) is 5.49. The lowest BCUT2D eigenvalue weighted by molar-refractivity contribution is 0.102. The van der Waals surface area contributed by atoms with Crippen molar-refractivity contribution in [3.05, 3.63) is 72.5 Å². The van der Waals surface area contributed by atoms with E-state index < -0.39 is 41.5 Å². The lowest BCUT2D eigenvalue weighted by Gasteiger charge is -2.07. The fourth-order valence-electron chi connectivity index (χ4n) is 2.46. The molecule has 7 heteroatoms. The number of nitrogens with one attached hydrogen (secondary N) is 1. The van der Waals surface area contributed by atoms with Crippen molar-refractivity contribution in [1.82, 2.24) is 19.5 Å². The van der Waals surface area contributed by atoms with Crippen LogP contribution < -0.4 is 5.32 Å². The summed E-state index contributed by atoms with van der Waals surface area (Å²) in [5.41, 5.74) is 1.20. The lowest BCUT2D eigenvalue weighted by atomic mass is 10.2. The molecule has 0 unspecified atom stereocenters. The number of aromatic nitrogens is 4. The summed E-state index contributed by atoms with van der Waals surface area (Å²) in [6.07, 6.45) is 4.81. The third-order valence-corrected chi connectivity index (χ3v) is 3.76. The molecule has 0 aliphatic rings. The highest BCUT2D eigenvalue weighted by atomic mass is 19.1. The number of halogens is 1. The first-order valence-electron chi connectivity index (χ1n) is 9.58.